The summed E-state index contributed by atoms with van der Waals surface area (Å²) in [6.07, 6.45) is 83.2. The Morgan fingerprint density at radius 3 is 0.972 bits per heavy atom. The van der Waals surface area contributed by atoms with E-state index in [1.165, 1.54) is 89.9 Å². The van der Waals surface area contributed by atoms with E-state index in [4.69, 9.17) is 14.2 Å². The van der Waals surface area contributed by atoms with Gasteiger partial charge in [-0.2, -0.15) is 0 Å². The van der Waals surface area contributed by atoms with Crippen LogP contribution in [0.4, 0.5) is 0 Å². The molecule has 0 radical (unpaired) electrons. The van der Waals surface area contributed by atoms with Crippen molar-refractivity contribution in [2.75, 3.05) is 13.2 Å². The van der Waals surface area contributed by atoms with Crippen molar-refractivity contribution in [2.45, 2.75) is 252 Å². The van der Waals surface area contributed by atoms with E-state index in [-0.39, 0.29) is 31.6 Å². The highest BCUT2D eigenvalue weighted by Crippen LogP contribution is 2.14. The summed E-state index contributed by atoms with van der Waals surface area (Å²) in [6, 6.07) is 0. The van der Waals surface area contributed by atoms with Gasteiger partial charge in [-0.15, -0.1) is 0 Å². The van der Waals surface area contributed by atoms with Crippen molar-refractivity contribution in [3.8, 4) is 0 Å². The average Bonchev–Trinajstić information content (AvgIpc) is 3.38. The van der Waals surface area contributed by atoms with E-state index in [1.54, 1.807) is 6.08 Å². The molecular formula is C66H106O6. The first kappa shape index (κ1) is 67.5. The molecule has 0 aromatic heterocycles. The van der Waals surface area contributed by atoms with Crippen LogP contribution in [0.15, 0.2) is 134 Å². The molecule has 0 spiro atoms. The normalized spacial score (nSPS) is 13.1. The fourth-order valence-electron chi connectivity index (χ4n) is 7.59. The number of esters is 3. The van der Waals surface area contributed by atoms with Crippen LogP contribution in [0.2, 0.25) is 0 Å². The van der Waals surface area contributed by atoms with Crippen LogP contribution in [0.3, 0.4) is 0 Å². The number of rotatable bonds is 51. The Hall–Kier alpha value is -4.45. The van der Waals surface area contributed by atoms with Crippen LogP contribution in [0.1, 0.15) is 245 Å². The van der Waals surface area contributed by atoms with Gasteiger partial charge in [0, 0.05) is 12.8 Å². The molecule has 406 valence electrons. The number of hydrogen-bond acceptors (Lipinski definition) is 6. The Morgan fingerprint density at radius 2 is 0.597 bits per heavy atom. The molecule has 0 aliphatic rings. The number of carbonyl (C=O) groups is 3. The van der Waals surface area contributed by atoms with Crippen molar-refractivity contribution < 1.29 is 28.6 Å². The Balaban J connectivity index is 4.51. The lowest BCUT2D eigenvalue weighted by atomic mass is 10.1. The molecule has 0 N–H and O–H groups in total. The van der Waals surface area contributed by atoms with Crippen molar-refractivity contribution in [1.29, 1.82) is 0 Å². The number of unbranched alkanes of at least 4 members (excludes halogenated alkanes) is 19. The largest absolute Gasteiger partial charge is 0.462 e. The van der Waals surface area contributed by atoms with E-state index in [0.717, 1.165) is 116 Å². The Kier molecular flexibility index (Phi) is 55.5. The molecule has 0 saturated carbocycles. The van der Waals surface area contributed by atoms with E-state index in [1.807, 2.05) is 6.08 Å². The van der Waals surface area contributed by atoms with Crippen LogP contribution < -0.4 is 0 Å². The van der Waals surface area contributed by atoms with Gasteiger partial charge in [-0.05, 0) is 116 Å². The number of carbonyl (C=O) groups excluding carboxylic acids is 3. The van der Waals surface area contributed by atoms with E-state index in [9.17, 15) is 14.4 Å². The summed E-state index contributed by atoms with van der Waals surface area (Å²) in [7, 11) is 0. The van der Waals surface area contributed by atoms with Crippen molar-refractivity contribution >= 4 is 17.9 Å². The number of hydrogen-bond donors (Lipinski definition) is 0. The maximum absolute atomic E-state index is 12.9. The molecule has 1 atom stereocenters. The average molecular weight is 996 g/mol. The van der Waals surface area contributed by atoms with Crippen molar-refractivity contribution in [3.05, 3.63) is 134 Å². The second-order valence-electron chi connectivity index (χ2n) is 18.8. The van der Waals surface area contributed by atoms with Gasteiger partial charge >= 0.3 is 17.9 Å². The first-order chi connectivity index (χ1) is 35.5. The van der Waals surface area contributed by atoms with E-state index >= 15 is 0 Å². The quantitative estimate of drug-likeness (QED) is 0.0261. The molecule has 0 aliphatic carbocycles. The Morgan fingerprint density at radius 1 is 0.306 bits per heavy atom. The molecule has 0 bridgehead atoms. The molecule has 0 saturated heterocycles. The van der Waals surface area contributed by atoms with Gasteiger partial charge in [0.1, 0.15) is 13.2 Å². The van der Waals surface area contributed by atoms with Gasteiger partial charge in [0.2, 0.25) is 0 Å². The highest BCUT2D eigenvalue weighted by molar-refractivity contribution is 5.72. The van der Waals surface area contributed by atoms with Gasteiger partial charge in [0.05, 0.1) is 6.42 Å². The molecule has 0 amide bonds. The Labute approximate surface area is 443 Å². The van der Waals surface area contributed by atoms with Crippen LogP contribution in [0.25, 0.3) is 0 Å². The first-order valence-corrected chi connectivity index (χ1v) is 29.2. The third-order valence-electron chi connectivity index (χ3n) is 11.9. The lowest BCUT2D eigenvalue weighted by Crippen LogP contribution is -2.30. The molecule has 0 rings (SSSR count). The Bertz CT molecular complexity index is 1560. The van der Waals surface area contributed by atoms with Crippen LogP contribution in [0.5, 0.6) is 0 Å². The molecule has 72 heavy (non-hydrogen) atoms. The molecule has 6 heteroatoms. The fraction of sp³-hybridized carbons (Fsp3) is 0.621. The summed E-state index contributed by atoms with van der Waals surface area (Å²) in [5.41, 5.74) is 0. The fourth-order valence-corrected chi connectivity index (χ4v) is 7.59. The highest BCUT2D eigenvalue weighted by atomic mass is 16.6. The first-order valence-electron chi connectivity index (χ1n) is 29.2. The third-order valence-corrected chi connectivity index (χ3v) is 11.9. The van der Waals surface area contributed by atoms with Gasteiger partial charge in [0.15, 0.2) is 6.10 Å². The van der Waals surface area contributed by atoms with Crippen LogP contribution in [-0.4, -0.2) is 37.2 Å². The molecule has 0 heterocycles. The molecular weight excluding hydrogens is 889 g/mol. The summed E-state index contributed by atoms with van der Waals surface area (Å²) in [6.45, 7) is 6.29. The van der Waals surface area contributed by atoms with Crippen molar-refractivity contribution in [1.82, 2.24) is 0 Å². The van der Waals surface area contributed by atoms with Crippen LogP contribution in [0, 0.1) is 0 Å². The minimum atomic E-state index is -0.831. The summed E-state index contributed by atoms with van der Waals surface area (Å²) in [5, 5.41) is 0. The summed E-state index contributed by atoms with van der Waals surface area (Å²) >= 11 is 0. The molecule has 0 aromatic carbocycles. The molecule has 6 nitrogen and oxygen atoms in total. The zero-order valence-corrected chi connectivity index (χ0v) is 46.4. The van der Waals surface area contributed by atoms with Crippen LogP contribution in [-0.2, 0) is 28.6 Å². The predicted molar refractivity (Wildman–Crippen MR) is 311 cm³/mol. The van der Waals surface area contributed by atoms with E-state index in [2.05, 4.69) is 142 Å². The second-order valence-corrected chi connectivity index (χ2v) is 18.8. The van der Waals surface area contributed by atoms with Gasteiger partial charge < -0.3 is 14.2 Å². The minimum absolute atomic E-state index is 0.119. The number of ether oxygens (including phenoxy) is 3. The lowest BCUT2D eigenvalue weighted by molar-refractivity contribution is -0.166. The highest BCUT2D eigenvalue weighted by Gasteiger charge is 2.19. The monoisotopic (exact) mass is 995 g/mol. The maximum Gasteiger partial charge on any atom is 0.309 e. The van der Waals surface area contributed by atoms with E-state index < -0.39 is 12.1 Å². The van der Waals surface area contributed by atoms with Crippen LogP contribution >= 0.6 is 0 Å². The molecule has 0 fully saturated rings. The van der Waals surface area contributed by atoms with Crippen molar-refractivity contribution in [2.24, 2.45) is 0 Å². The zero-order valence-electron chi connectivity index (χ0n) is 46.4. The zero-order chi connectivity index (χ0) is 52.2. The van der Waals surface area contributed by atoms with Crippen molar-refractivity contribution in [3.63, 3.8) is 0 Å². The smallest absolute Gasteiger partial charge is 0.309 e. The predicted octanol–water partition coefficient (Wildman–Crippen LogP) is 19.8. The number of allylic oxidation sites excluding steroid dienone is 21. The maximum atomic E-state index is 12.9. The second kappa shape index (κ2) is 59.1. The summed E-state index contributed by atoms with van der Waals surface area (Å²) in [5.74, 6) is -1.07. The summed E-state index contributed by atoms with van der Waals surface area (Å²) in [4.78, 5) is 38.1. The molecule has 1 unspecified atom stereocenters. The SMILES string of the molecule is CC/C=C\C/C=C\C/C=C\C/C=C\C/C=C\CC(=O)OCC(COC(=O)CCCCCCCCCC/C=C\C/C=C\C/C=C\C/C=C\CC)OC(=O)CCCCCCCCC/C=C\C/C=C\CCCCCC. The molecule has 0 aliphatic heterocycles. The minimum Gasteiger partial charge on any atom is -0.462 e. The van der Waals surface area contributed by atoms with Gasteiger partial charge in [-0.25, -0.2) is 0 Å². The van der Waals surface area contributed by atoms with E-state index in [0.29, 0.717) is 12.8 Å². The molecule has 0 aromatic rings. The third kappa shape index (κ3) is 56.5. The van der Waals surface area contributed by atoms with Gasteiger partial charge in [-0.1, -0.05) is 244 Å². The lowest BCUT2D eigenvalue weighted by Gasteiger charge is -2.18. The topological polar surface area (TPSA) is 78.9 Å². The van der Waals surface area contributed by atoms with Gasteiger partial charge in [-0.3, -0.25) is 14.4 Å². The summed E-state index contributed by atoms with van der Waals surface area (Å²) < 4.78 is 16.8. The van der Waals surface area contributed by atoms with Gasteiger partial charge in [0.25, 0.3) is 0 Å². The standard InChI is InChI=1S/C66H106O6/c1-4-7-10-13-16-19-22-25-28-30-32-33-34-36-38-41-44-47-50-53-56-59-65(68)71-62-63(61-70-64(67)58-55-52-49-46-43-40-37-27-24-21-18-15-12-9-6-3)72-66(69)60-57-54-51-48-45-42-39-35-31-29-26-23-20-17-14-11-8-5-2/h7,9-10,12,16,18-21,23,25,27-29,31-33,37,43,46,52,55,63H,4-6,8,11,13-15,17,22,24,26,30,34-36,38-42,44-45,47-51,53-54,56-62H2,1-3H3/b10-7-,12-9-,19-16-,21-18-,23-20-,28-25-,31-29-,33-32-,37-27-,46-43-,55-52-.